The minimum absolute atomic E-state index is 0.110. The average molecular weight is 371 g/mol. The van der Waals surface area contributed by atoms with Crippen LogP contribution in [0.2, 0.25) is 5.02 Å². The van der Waals surface area contributed by atoms with Gasteiger partial charge in [-0.25, -0.2) is 14.4 Å². The molecular formula is C15H14BrClFN3. The molecule has 0 atom stereocenters. The average Bonchev–Trinajstić information content (AvgIpc) is 2.99. The highest BCUT2D eigenvalue weighted by atomic mass is 79.9. The summed E-state index contributed by atoms with van der Waals surface area (Å²) < 4.78 is 14.3. The molecule has 0 aliphatic heterocycles. The maximum Gasteiger partial charge on any atom is 0.152 e. The van der Waals surface area contributed by atoms with Gasteiger partial charge in [-0.15, -0.1) is 0 Å². The number of nitrogens with zero attached hydrogens (tertiary/aromatic N) is 2. The summed E-state index contributed by atoms with van der Waals surface area (Å²) in [6.07, 6.45) is 6.32. The minimum atomic E-state index is -0.450. The van der Waals surface area contributed by atoms with Crippen LogP contribution in [-0.2, 0) is 0 Å². The van der Waals surface area contributed by atoms with Crippen molar-refractivity contribution in [2.45, 2.75) is 31.6 Å². The summed E-state index contributed by atoms with van der Waals surface area (Å²) in [6, 6.07) is 4.62. The first kappa shape index (κ1) is 14.7. The van der Waals surface area contributed by atoms with Gasteiger partial charge in [0.15, 0.2) is 5.82 Å². The molecule has 110 valence electrons. The normalized spacial score (nSPS) is 15.4. The van der Waals surface area contributed by atoms with Gasteiger partial charge in [-0.1, -0.05) is 24.4 Å². The lowest BCUT2D eigenvalue weighted by Gasteiger charge is -2.15. The second kappa shape index (κ2) is 6.28. The Morgan fingerprint density at radius 2 is 2.05 bits per heavy atom. The summed E-state index contributed by atoms with van der Waals surface area (Å²) in [5.74, 6) is 0.649. The Morgan fingerprint density at radius 3 is 2.76 bits per heavy atom. The molecule has 0 radical (unpaired) electrons. The lowest BCUT2D eigenvalue weighted by atomic mass is 10.0. The summed E-state index contributed by atoms with van der Waals surface area (Å²) >= 11 is 9.07. The topological polar surface area (TPSA) is 37.8 Å². The Bertz CT molecular complexity index is 659. The Morgan fingerprint density at radius 1 is 1.29 bits per heavy atom. The molecule has 1 aliphatic carbocycles. The van der Waals surface area contributed by atoms with E-state index >= 15 is 0 Å². The predicted octanol–water partition coefficient (Wildman–Crippen LogP) is 5.43. The zero-order chi connectivity index (χ0) is 14.8. The van der Waals surface area contributed by atoms with Crippen LogP contribution in [0.25, 0.3) is 0 Å². The van der Waals surface area contributed by atoms with Crippen LogP contribution in [0.1, 0.15) is 37.3 Å². The molecule has 1 saturated carbocycles. The molecule has 0 bridgehead atoms. The number of benzene rings is 1. The smallest absolute Gasteiger partial charge is 0.152 e. The summed E-state index contributed by atoms with van der Waals surface area (Å²) in [6.45, 7) is 0. The van der Waals surface area contributed by atoms with Gasteiger partial charge in [0.1, 0.15) is 10.4 Å². The van der Waals surface area contributed by atoms with Gasteiger partial charge in [0.05, 0.1) is 16.9 Å². The molecule has 3 rings (SSSR count). The quantitative estimate of drug-likeness (QED) is 0.782. The van der Waals surface area contributed by atoms with Gasteiger partial charge in [-0.2, -0.15) is 0 Å². The van der Waals surface area contributed by atoms with Gasteiger partial charge in [0.25, 0.3) is 0 Å². The zero-order valence-electron chi connectivity index (χ0n) is 11.2. The Kier molecular flexibility index (Phi) is 4.40. The molecule has 1 N–H and O–H groups in total. The van der Waals surface area contributed by atoms with E-state index in [-0.39, 0.29) is 5.02 Å². The van der Waals surface area contributed by atoms with Gasteiger partial charge in [-0.05, 0) is 47.0 Å². The first-order chi connectivity index (χ1) is 10.1. The van der Waals surface area contributed by atoms with Crippen LogP contribution in [-0.4, -0.2) is 9.97 Å². The molecule has 1 aliphatic rings. The van der Waals surface area contributed by atoms with Gasteiger partial charge in [0.2, 0.25) is 0 Å². The van der Waals surface area contributed by atoms with Crippen molar-refractivity contribution < 1.29 is 4.39 Å². The van der Waals surface area contributed by atoms with Crippen molar-refractivity contribution in [2.24, 2.45) is 0 Å². The van der Waals surface area contributed by atoms with Crippen LogP contribution >= 0.6 is 27.5 Å². The minimum Gasteiger partial charge on any atom is -0.339 e. The third-order valence-electron chi connectivity index (χ3n) is 3.69. The lowest BCUT2D eigenvalue weighted by molar-refractivity contribution is 0.629. The predicted molar refractivity (Wildman–Crippen MR) is 85.6 cm³/mol. The van der Waals surface area contributed by atoms with E-state index in [2.05, 4.69) is 31.2 Å². The van der Waals surface area contributed by atoms with E-state index in [1.165, 1.54) is 25.0 Å². The number of aromatic nitrogens is 2. The van der Waals surface area contributed by atoms with Gasteiger partial charge in [-0.3, -0.25) is 0 Å². The Balaban J connectivity index is 1.92. The monoisotopic (exact) mass is 369 g/mol. The van der Waals surface area contributed by atoms with E-state index in [4.69, 9.17) is 11.6 Å². The first-order valence-corrected chi connectivity index (χ1v) is 8.05. The van der Waals surface area contributed by atoms with Crippen LogP contribution in [0.15, 0.2) is 29.0 Å². The number of anilines is 2. The van der Waals surface area contributed by atoms with Crippen molar-refractivity contribution in [1.82, 2.24) is 9.97 Å². The van der Waals surface area contributed by atoms with E-state index in [9.17, 15) is 4.39 Å². The molecule has 0 saturated heterocycles. The van der Waals surface area contributed by atoms with Crippen LogP contribution in [0.4, 0.5) is 15.9 Å². The molecule has 1 heterocycles. The van der Waals surface area contributed by atoms with E-state index in [1.807, 2.05) is 0 Å². The maximum atomic E-state index is 13.5. The molecule has 21 heavy (non-hydrogen) atoms. The third kappa shape index (κ3) is 3.35. The van der Waals surface area contributed by atoms with Crippen molar-refractivity contribution in [1.29, 1.82) is 0 Å². The van der Waals surface area contributed by atoms with Crippen LogP contribution in [0.5, 0.6) is 0 Å². The first-order valence-electron chi connectivity index (χ1n) is 6.88. The highest BCUT2D eigenvalue weighted by molar-refractivity contribution is 9.10. The summed E-state index contributed by atoms with van der Waals surface area (Å²) in [7, 11) is 0. The summed E-state index contributed by atoms with van der Waals surface area (Å²) in [5, 5.41) is 3.26. The Hall–Kier alpha value is -1.20. The van der Waals surface area contributed by atoms with E-state index < -0.39 is 5.82 Å². The molecule has 0 spiro atoms. The van der Waals surface area contributed by atoms with E-state index in [1.54, 1.807) is 12.3 Å². The SMILES string of the molecule is Fc1cc(Nc2ncc(Br)nc2C2CCCC2)ccc1Cl. The van der Waals surface area contributed by atoms with Crippen molar-refractivity contribution in [2.75, 3.05) is 5.32 Å². The Labute approximate surface area is 136 Å². The van der Waals surface area contributed by atoms with E-state index in [0.29, 0.717) is 17.4 Å². The fourth-order valence-electron chi connectivity index (χ4n) is 2.67. The van der Waals surface area contributed by atoms with Crippen molar-refractivity contribution >= 4 is 39.0 Å². The van der Waals surface area contributed by atoms with E-state index in [0.717, 1.165) is 23.1 Å². The summed E-state index contributed by atoms with van der Waals surface area (Å²) in [5.41, 5.74) is 1.56. The van der Waals surface area contributed by atoms with Gasteiger partial charge in [0, 0.05) is 11.6 Å². The van der Waals surface area contributed by atoms with Crippen LogP contribution in [0.3, 0.4) is 0 Å². The second-order valence-corrected chi connectivity index (χ2v) is 6.38. The molecular weight excluding hydrogens is 357 g/mol. The fourth-order valence-corrected chi connectivity index (χ4v) is 3.08. The van der Waals surface area contributed by atoms with Crippen molar-refractivity contribution in [3.05, 3.63) is 45.5 Å². The fraction of sp³-hybridized carbons (Fsp3) is 0.333. The maximum absolute atomic E-state index is 13.5. The molecule has 2 aromatic rings. The van der Waals surface area contributed by atoms with Crippen molar-refractivity contribution in [3.63, 3.8) is 0 Å². The molecule has 3 nitrogen and oxygen atoms in total. The number of halogens is 3. The zero-order valence-corrected chi connectivity index (χ0v) is 13.6. The number of nitrogens with one attached hydrogen (secondary N) is 1. The van der Waals surface area contributed by atoms with Crippen molar-refractivity contribution in [3.8, 4) is 0 Å². The highest BCUT2D eigenvalue weighted by Gasteiger charge is 2.22. The van der Waals surface area contributed by atoms with Crippen LogP contribution < -0.4 is 5.32 Å². The standard InChI is InChI=1S/C15H14BrClFN3/c16-13-8-19-15(14(21-13)9-3-1-2-4-9)20-10-5-6-11(17)12(18)7-10/h5-9H,1-4H2,(H,19,20). The van der Waals surface area contributed by atoms with Gasteiger partial charge < -0.3 is 5.32 Å². The third-order valence-corrected chi connectivity index (χ3v) is 4.38. The molecule has 1 aromatic heterocycles. The number of rotatable bonds is 3. The molecule has 0 unspecified atom stereocenters. The molecule has 0 amide bonds. The molecule has 1 fully saturated rings. The molecule has 6 heteroatoms. The molecule has 1 aromatic carbocycles. The van der Waals surface area contributed by atoms with Gasteiger partial charge >= 0.3 is 0 Å². The second-order valence-electron chi connectivity index (χ2n) is 5.16. The number of hydrogen-bond acceptors (Lipinski definition) is 3. The highest BCUT2D eigenvalue weighted by Crippen LogP contribution is 2.37. The number of hydrogen-bond donors (Lipinski definition) is 1. The lowest BCUT2D eigenvalue weighted by Crippen LogP contribution is -2.05. The summed E-state index contributed by atoms with van der Waals surface area (Å²) in [4.78, 5) is 8.96. The largest absolute Gasteiger partial charge is 0.339 e. The van der Waals surface area contributed by atoms with Crippen LogP contribution in [0, 0.1) is 5.82 Å².